The number of hydrogen-bond acceptors (Lipinski definition) is 3. The Balaban J connectivity index is 2.25. The topological polar surface area (TPSA) is 46.2 Å². The largest absolute Gasteiger partial charge is 0.325 e. The third-order valence-corrected chi connectivity index (χ3v) is 5.60. The summed E-state index contributed by atoms with van der Waals surface area (Å²) in [5.74, 6) is -0.0176. The highest BCUT2D eigenvalue weighted by Crippen LogP contribution is 2.39. The van der Waals surface area contributed by atoms with Crippen LogP contribution in [0.4, 0.5) is 5.69 Å². The fourth-order valence-electron chi connectivity index (χ4n) is 2.70. The highest BCUT2D eigenvalue weighted by Gasteiger charge is 2.34. The molecule has 1 aromatic carbocycles. The number of carbonyl (C=O) groups is 2. The summed E-state index contributed by atoms with van der Waals surface area (Å²) in [4.78, 5) is 24.6. The number of anilines is 1. The van der Waals surface area contributed by atoms with E-state index in [2.05, 4.69) is 5.32 Å². The van der Waals surface area contributed by atoms with Gasteiger partial charge in [-0.1, -0.05) is 49.4 Å². The molecule has 0 heterocycles. The van der Waals surface area contributed by atoms with Gasteiger partial charge in [-0.2, -0.15) is 0 Å². The SMILES string of the molecule is CC(=O)Sc1cc(Cl)c(Cl)cc1NC(=O)C1(C)CCCCC1. The van der Waals surface area contributed by atoms with Gasteiger partial charge < -0.3 is 5.32 Å². The van der Waals surface area contributed by atoms with Crippen LogP contribution in [0.25, 0.3) is 0 Å². The molecule has 6 heteroatoms. The van der Waals surface area contributed by atoms with Gasteiger partial charge in [-0.15, -0.1) is 0 Å². The average Bonchev–Trinajstić information content (AvgIpc) is 2.44. The highest BCUT2D eigenvalue weighted by molar-refractivity contribution is 8.13. The molecule has 1 N–H and O–H groups in total. The third kappa shape index (κ3) is 4.18. The van der Waals surface area contributed by atoms with Crippen LogP contribution >= 0.6 is 35.0 Å². The molecule has 1 aliphatic carbocycles. The number of benzene rings is 1. The lowest BCUT2D eigenvalue weighted by molar-refractivity contribution is -0.126. The number of nitrogens with one attached hydrogen (secondary N) is 1. The first kappa shape index (κ1) is 17.6. The van der Waals surface area contributed by atoms with Crippen LogP contribution in [-0.4, -0.2) is 11.0 Å². The molecule has 0 saturated heterocycles. The Morgan fingerprint density at radius 2 is 1.73 bits per heavy atom. The molecular weight excluding hydrogens is 341 g/mol. The van der Waals surface area contributed by atoms with Gasteiger partial charge >= 0.3 is 0 Å². The third-order valence-electron chi connectivity index (χ3n) is 4.03. The number of hydrogen-bond donors (Lipinski definition) is 1. The molecule has 3 nitrogen and oxygen atoms in total. The Bertz CT molecular complexity index is 598. The van der Waals surface area contributed by atoms with E-state index in [1.165, 1.54) is 13.3 Å². The first-order chi connectivity index (χ1) is 10.3. The van der Waals surface area contributed by atoms with E-state index in [1.807, 2.05) is 6.92 Å². The predicted molar refractivity (Wildman–Crippen MR) is 92.8 cm³/mol. The molecule has 0 aromatic heterocycles. The molecule has 0 bridgehead atoms. The zero-order chi connectivity index (χ0) is 16.3. The summed E-state index contributed by atoms with van der Waals surface area (Å²) in [6.45, 7) is 3.47. The first-order valence-electron chi connectivity index (χ1n) is 7.31. The summed E-state index contributed by atoms with van der Waals surface area (Å²) in [6.07, 6.45) is 5.09. The van der Waals surface area contributed by atoms with Crippen molar-refractivity contribution in [1.29, 1.82) is 0 Å². The molecule has 0 atom stereocenters. The Hall–Kier alpha value is -0.710. The smallest absolute Gasteiger partial charge is 0.230 e. The van der Waals surface area contributed by atoms with Crippen molar-refractivity contribution in [2.75, 3.05) is 5.32 Å². The summed E-state index contributed by atoms with van der Waals surface area (Å²) in [5, 5.41) is 3.60. The van der Waals surface area contributed by atoms with Crippen LogP contribution in [0.15, 0.2) is 17.0 Å². The summed E-state index contributed by atoms with van der Waals surface area (Å²) < 4.78 is 0. The van der Waals surface area contributed by atoms with Gasteiger partial charge in [0.15, 0.2) is 5.12 Å². The minimum Gasteiger partial charge on any atom is -0.325 e. The summed E-state index contributed by atoms with van der Waals surface area (Å²) in [5.41, 5.74) is 0.189. The van der Waals surface area contributed by atoms with Crippen molar-refractivity contribution >= 4 is 51.7 Å². The van der Waals surface area contributed by atoms with Crippen LogP contribution in [0.3, 0.4) is 0 Å². The van der Waals surface area contributed by atoms with Crippen molar-refractivity contribution < 1.29 is 9.59 Å². The van der Waals surface area contributed by atoms with Gasteiger partial charge in [0.2, 0.25) is 5.91 Å². The van der Waals surface area contributed by atoms with Gasteiger partial charge in [-0.05, 0) is 36.7 Å². The Morgan fingerprint density at radius 3 is 2.32 bits per heavy atom. The number of amides is 1. The van der Waals surface area contributed by atoms with Gasteiger partial charge in [-0.3, -0.25) is 9.59 Å². The molecule has 1 aliphatic rings. The van der Waals surface area contributed by atoms with E-state index < -0.39 is 0 Å². The van der Waals surface area contributed by atoms with Crippen LogP contribution in [-0.2, 0) is 9.59 Å². The molecule has 0 spiro atoms. The van der Waals surface area contributed by atoms with Gasteiger partial charge in [-0.25, -0.2) is 0 Å². The van der Waals surface area contributed by atoms with Crippen molar-refractivity contribution in [2.45, 2.75) is 50.8 Å². The molecule has 0 unspecified atom stereocenters. The van der Waals surface area contributed by atoms with Crippen molar-refractivity contribution in [3.63, 3.8) is 0 Å². The molecule has 1 amide bonds. The summed E-state index contributed by atoms with van der Waals surface area (Å²) >= 11 is 13.1. The van der Waals surface area contributed by atoms with E-state index in [4.69, 9.17) is 23.2 Å². The minimum absolute atomic E-state index is 0.0176. The number of halogens is 2. The summed E-state index contributed by atoms with van der Waals surface area (Å²) in [6, 6.07) is 3.23. The second-order valence-electron chi connectivity index (χ2n) is 5.93. The number of thioether (sulfide) groups is 1. The predicted octanol–water partition coefficient (Wildman–Crippen LogP) is 5.54. The van der Waals surface area contributed by atoms with Crippen LogP contribution in [0.1, 0.15) is 46.0 Å². The van der Waals surface area contributed by atoms with Crippen molar-refractivity contribution in [3.05, 3.63) is 22.2 Å². The van der Waals surface area contributed by atoms with Gasteiger partial charge in [0.05, 0.1) is 15.7 Å². The molecule has 1 saturated carbocycles. The molecule has 0 radical (unpaired) electrons. The van der Waals surface area contributed by atoms with Crippen LogP contribution in [0.5, 0.6) is 0 Å². The van der Waals surface area contributed by atoms with E-state index >= 15 is 0 Å². The standard InChI is InChI=1S/C16H19Cl2NO2S/c1-10(20)22-14-9-12(18)11(17)8-13(14)19-15(21)16(2)6-4-3-5-7-16/h8-9H,3-7H2,1-2H3,(H,19,21). The van der Waals surface area contributed by atoms with Gasteiger partial charge in [0.1, 0.15) is 0 Å². The van der Waals surface area contributed by atoms with E-state index in [-0.39, 0.29) is 16.4 Å². The maximum atomic E-state index is 12.6. The molecular formula is C16H19Cl2NO2S. The molecule has 22 heavy (non-hydrogen) atoms. The highest BCUT2D eigenvalue weighted by atomic mass is 35.5. The number of rotatable bonds is 3. The van der Waals surface area contributed by atoms with E-state index in [1.54, 1.807) is 12.1 Å². The minimum atomic E-state index is -0.359. The maximum Gasteiger partial charge on any atom is 0.230 e. The summed E-state index contributed by atoms with van der Waals surface area (Å²) in [7, 11) is 0. The average molecular weight is 360 g/mol. The Labute approximate surface area is 145 Å². The lowest BCUT2D eigenvalue weighted by Crippen LogP contribution is -2.35. The molecule has 2 rings (SSSR count). The van der Waals surface area contributed by atoms with Crippen LogP contribution in [0, 0.1) is 5.41 Å². The zero-order valence-electron chi connectivity index (χ0n) is 12.7. The van der Waals surface area contributed by atoms with E-state index in [0.29, 0.717) is 20.6 Å². The normalized spacial score (nSPS) is 17.1. The van der Waals surface area contributed by atoms with E-state index in [9.17, 15) is 9.59 Å². The lowest BCUT2D eigenvalue weighted by atomic mass is 9.75. The molecule has 1 fully saturated rings. The molecule has 1 aromatic rings. The fraction of sp³-hybridized carbons (Fsp3) is 0.500. The quantitative estimate of drug-likeness (QED) is 0.720. The first-order valence-corrected chi connectivity index (χ1v) is 8.88. The van der Waals surface area contributed by atoms with Crippen LogP contribution in [0.2, 0.25) is 10.0 Å². The number of carbonyl (C=O) groups excluding carboxylic acids is 2. The molecule has 0 aliphatic heterocycles. The van der Waals surface area contributed by atoms with Crippen molar-refractivity contribution in [2.24, 2.45) is 5.41 Å². The Morgan fingerprint density at radius 1 is 1.14 bits per heavy atom. The second-order valence-corrected chi connectivity index (χ2v) is 7.96. The monoisotopic (exact) mass is 359 g/mol. The lowest BCUT2D eigenvalue weighted by Gasteiger charge is -2.32. The second kappa shape index (κ2) is 7.24. The van der Waals surface area contributed by atoms with E-state index in [0.717, 1.165) is 37.4 Å². The van der Waals surface area contributed by atoms with Crippen molar-refractivity contribution in [3.8, 4) is 0 Å². The van der Waals surface area contributed by atoms with Gasteiger partial charge in [0.25, 0.3) is 0 Å². The maximum absolute atomic E-state index is 12.6. The fourth-order valence-corrected chi connectivity index (χ4v) is 3.80. The van der Waals surface area contributed by atoms with Crippen molar-refractivity contribution in [1.82, 2.24) is 0 Å². The van der Waals surface area contributed by atoms with Crippen LogP contribution < -0.4 is 5.32 Å². The zero-order valence-corrected chi connectivity index (χ0v) is 15.0. The van der Waals surface area contributed by atoms with Gasteiger partial charge in [0, 0.05) is 17.2 Å². The molecule has 120 valence electrons. The Kier molecular flexibility index (Phi) is 5.81.